The Morgan fingerprint density at radius 3 is 2.38 bits per heavy atom. The van der Waals surface area contributed by atoms with E-state index >= 15 is 0 Å². The maximum absolute atomic E-state index is 13.1. The van der Waals surface area contributed by atoms with Crippen LogP contribution in [-0.4, -0.2) is 15.5 Å². The molecule has 0 radical (unpaired) electrons. The summed E-state index contributed by atoms with van der Waals surface area (Å²) in [5, 5.41) is -0.0426. The van der Waals surface area contributed by atoms with Crippen molar-refractivity contribution in [1.29, 1.82) is 0 Å². The van der Waals surface area contributed by atoms with E-state index in [1.807, 2.05) is 0 Å². The highest BCUT2D eigenvalue weighted by molar-refractivity contribution is 9.10. The number of benzene rings is 2. The normalized spacial score (nSPS) is 11.2. The van der Waals surface area contributed by atoms with Crippen molar-refractivity contribution in [2.75, 3.05) is 11.8 Å². The highest BCUT2D eigenvalue weighted by Gasteiger charge is 2.18. The second kappa shape index (κ2) is 6.21. The molecule has 0 heterocycles. The Hall–Kier alpha value is -1.31. The van der Waals surface area contributed by atoms with Crippen molar-refractivity contribution in [3.63, 3.8) is 0 Å². The molecule has 0 fully saturated rings. The molecule has 0 aromatic heterocycles. The molecule has 2 aromatic rings. The number of ether oxygens (including phenoxy) is 1. The van der Waals surface area contributed by atoms with Crippen LogP contribution in [0.4, 0.5) is 10.1 Å². The number of rotatable bonds is 4. The van der Waals surface area contributed by atoms with Gasteiger partial charge in [0.1, 0.15) is 11.6 Å². The summed E-state index contributed by atoms with van der Waals surface area (Å²) >= 11 is 8.93. The maximum Gasteiger partial charge on any atom is 0.261 e. The largest absolute Gasteiger partial charge is 0.497 e. The number of anilines is 1. The van der Waals surface area contributed by atoms with E-state index in [2.05, 4.69) is 20.7 Å². The summed E-state index contributed by atoms with van der Waals surface area (Å²) in [6, 6.07) is 7.99. The Morgan fingerprint density at radius 2 is 1.86 bits per heavy atom. The van der Waals surface area contributed by atoms with Gasteiger partial charge in [0.15, 0.2) is 0 Å². The van der Waals surface area contributed by atoms with Gasteiger partial charge in [-0.15, -0.1) is 0 Å². The van der Waals surface area contributed by atoms with Gasteiger partial charge in [0, 0.05) is 4.47 Å². The Kier molecular flexibility index (Phi) is 4.75. The number of nitrogens with one attached hydrogen (secondary N) is 1. The maximum atomic E-state index is 13.1. The minimum absolute atomic E-state index is 0.0376. The van der Waals surface area contributed by atoms with Gasteiger partial charge in [-0.25, -0.2) is 12.8 Å². The Bertz CT molecular complexity index is 742. The number of sulfonamides is 1. The zero-order chi connectivity index (χ0) is 15.6. The van der Waals surface area contributed by atoms with Gasteiger partial charge >= 0.3 is 0 Å². The molecule has 0 atom stereocenters. The van der Waals surface area contributed by atoms with Gasteiger partial charge in [-0.1, -0.05) is 11.6 Å². The molecule has 0 saturated carbocycles. The van der Waals surface area contributed by atoms with Gasteiger partial charge in [0.25, 0.3) is 10.0 Å². The van der Waals surface area contributed by atoms with E-state index in [1.165, 1.54) is 31.4 Å². The minimum atomic E-state index is -3.84. The first kappa shape index (κ1) is 16.1. The lowest BCUT2D eigenvalue weighted by molar-refractivity contribution is 0.414. The van der Waals surface area contributed by atoms with Crippen LogP contribution in [0.1, 0.15) is 0 Å². The number of methoxy groups -OCH3 is 1. The standard InChI is InChI=1S/C13H10BrClFNO3S/c1-20-9-2-4-10(5-3-9)21(18,19)17-13-11(14)6-8(16)7-12(13)15/h2-7,17H,1H3. The second-order valence-electron chi connectivity index (χ2n) is 4.03. The van der Waals surface area contributed by atoms with Crippen molar-refractivity contribution in [3.05, 3.63) is 51.7 Å². The zero-order valence-corrected chi connectivity index (χ0v) is 13.9. The van der Waals surface area contributed by atoms with Crippen LogP contribution in [0.3, 0.4) is 0 Å². The van der Waals surface area contributed by atoms with Crippen LogP contribution in [-0.2, 0) is 10.0 Å². The van der Waals surface area contributed by atoms with Crippen LogP contribution >= 0.6 is 27.5 Å². The topological polar surface area (TPSA) is 55.4 Å². The van der Waals surface area contributed by atoms with Crippen LogP contribution < -0.4 is 9.46 Å². The van der Waals surface area contributed by atoms with Crippen molar-refractivity contribution in [2.24, 2.45) is 0 Å². The van der Waals surface area contributed by atoms with Gasteiger partial charge in [-0.2, -0.15) is 0 Å². The fourth-order valence-electron chi connectivity index (χ4n) is 1.59. The summed E-state index contributed by atoms with van der Waals surface area (Å²) in [6.45, 7) is 0. The third kappa shape index (κ3) is 3.66. The van der Waals surface area contributed by atoms with Crippen molar-refractivity contribution in [2.45, 2.75) is 4.90 Å². The van der Waals surface area contributed by atoms with Crippen LogP contribution in [0.15, 0.2) is 45.8 Å². The predicted octanol–water partition coefficient (Wildman–Crippen LogP) is 4.05. The molecule has 0 bridgehead atoms. The van der Waals surface area contributed by atoms with E-state index in [0.29, 0.717) is 5.75 Å². The average Bonchev–Trinajstić information content (AvgIpc) is 2.43. The van der Waals surface area contributed by atoms with Crippen LogP contribution in [0.2, 0.25) is 5.02 Å². The smallest absolute Gasteiger partial charge is 0.261 e. The highest BCUT2D eigenvalue weighted by Crippen LogP contribution is 2.33. The molecule has 2 aromatic carbocycles. The number of hydrogen-bond acceptors (Lipinski definition) is 3. The zero-order valence-electron chi connectivity index (χ0n) is 10.7. The molecule has 112 valence electrons. The van der Waals surface area contributed by atoms with E-state index in [4.69, 9.17) is 16.3 Å². The second-order valence-corrected chi connectivity index (χ2v) is 6.97. The van der Waals surface area contributed by atoms with E-state index in [0.717, 1.165) is 12.1 Å². The molecular formula is C13H10BrClFNO3S. The SMILES string of the molecule is COc1ccc(S(=O)(=O)Nc2c(Cl)cc(F)cc2Br)cc1. The highest BCUT2D eigenvalue weighted by atomic mass is 79.9. The van der Waals surface area contributed by atoms with Crippen LogP contribution in [0, 0.1) is 5.82 Å². The van der Waals surface area contributed by atoms with Gasteiger partial charge < -0.3 is 4.74 Å². The lowest BCUT2D eigenvalue weighted by Crippen LogP contribution is -2.13. The third-order valence-electron chi connectivity index (χ3n) is 2.61. The number of hydrogen-bond donors (Lipinski definition) is 1. The molecule has 2 rings (SSSR count). The first-order valence-corrected chi connectivity index (χ1v) is 8.30. The predicted molar refractivity (Wildman–Crippen MR) is 82.9 cm³/mol. The Labute approximate surface area is 135 Å². The van der Waals surface area contributed by atoms with E-state index < -0.39 is 15.8 Å². The van der Waals surface area contributed by atoms with E-state index in [9.17, 15) is 12.8 Å². The fraction of sp³-hybridized carbons (Fsp3) is 0.0769. The molecule has 0 aliphatic rings. The molecule has 0 amide bonds. The summed E-state index contributed by atoms with van der Waals surface area (Å²) in [5.41, 5.74) is 0.0777. The van der Waals surface area contributed by atoms with Gasteiger partial charge in [0.05, 0.1) is 22.7 Å². The lowest BCUT2D eigenvalue weighted by Gasteiger charge is -2.12. The van der Waals surface area contributed by atoms with Crippen LogP contribution in [0.25, 0.3) is 0 Å². The lowest BCUT2D eigenvalue weighted by atomic mass is 10.3. The molecule has 0 aliphatic heterocycles. The molecular weight excluding hydrogens is 385 g/mol. The molecule has 1 N–H and O–H groups in total. The summed E-state index contributed by atoms with van der Waals surface area (Å²) in [5.74, 6) is -0.0331. The molecule has 0 saturated heterocycles. The van der Waals surface area contributed by atoms with Gasteiger partial charge in [0.2, 0.25) is 0 Å². The monoisotopic (exact) mass is 393 g/mol. The molecule has 8 heteroatoms. The van der Waals surface area contributed by atoms with Crippen LogP contribution in [0.5, 0.6) is 5.75 Å². The van der Waals surface area contributed by atoms with E-state index in [-0.39, 0.29) is 20.1 Å². The van der Waals surface area contributed by atoms with Crippen molar-refractivity contribution < 1.29 is 17.5 Å². The molecule has 4 nitrogen and oxygen atoms in total. The Balaban J connectivity index is 2.37. The molecule has 0 unspecified atom stereocenters. The average molecular weight is 395 g/mol. The molecule has 0 spiro atoms. The molecule has 0 aliphatic carbocycles. The van der Waals surface area contributed by atoms with Gasteiger partial charge in [-0.3, -0.25) is 4.72 Å². The summed E-state index contributed by atoms with van der Waals surface area (Å²) in [7, 11) is -2.36. The molecule has 21 heavy (non-hydrogen) atoms. The first-order valence-electron chi connectivity index (χ1n) is 5.65. The quantitative estimate of drug-likeness (QED) is 0.851. The van der Waals surface area contributed by atoms with Crippen molar-refractivity contribution >= 4 is 43.2 Å². The number of halogens is 3. The first-order chi connectivity index (χ1) is 9.83. The van der Waals surface area contributed by atoms with Crippen molar-refractivity contribution in [3.8, 4) is 5.75 Å². The summed E-state index contributed by atoms with van der Waals surface area (Å²) < 4.78 is 45.2. The minimum Gasteiger partial charge on any atom is -0.497 e. The fourth-order valence-corrected chi connectivity index (χ4v) is 3.77. The van der Waals surface area contributed by atoms with E-state index in [1.54, 1.807) is 0 Å². The Morgan fingerprint density at radius 1 is 1.24 bits per heavy atom. The van der Waals surface area contributed by atoms with Crippen molar-refractivity contribution in [1.82, 2.24) is 0 Å². The summed E-state index contributed by atoms with van der Waals surface area (Å²) in [6.07, 6.45) is 0. The summed E-state index contributed by atoms with van der Waals surface area (Å²) in [4.78, 5) is 0.0376. The third-order valence-corrected chi connectivity index (χ3v) is 4.90. The van der Waals surface area contributed by atoms with Gasteiger partial charge in [-0.05, 0) is 52.3 Å².